The predicted molar refractivity (Wildman–Crippen MR) is 150 cm³/mol. The zero-order chi connectivity index (χ0) is 25.3. The number of phenolic OH excluding ortho intramolecular Hbond substituents is 2. The number of likely N-dealkylation sites (tertiary alicyclic amines) is 2. The maximum absolute atomic E-state index is 11.1. The summed E-state index contributed by atoms with van der Waals surface area (Å²) >= 11 is 0. The van der Waals surface area contributed by atoms with Crippen LogP contribution in [0.2, 0.25) is 0 Å². The minimum absolute atomic E-state index is 0.401. The van der Waals surface area contributed by atoms with Gasteiger partial charge >= 0.3 is 0 Å². The average molecular weight is 489 g/mol. The van der Waals surface area contributed by atoms with Crippen LogP contribution < -0.4 is 0 Å². The van der Waals surface area contributed by atoms with Gasteiger partial charge in [0.25, 0.3) is 0 Å². The van der Waals surface area contributed by atoms with Crippen LogP contribution in [0.25, 0.3) is 11.1 Å². The smallest absolute Gasteiger partial charge is 0.123 e. The molecule has 194 valence electrons. The Morgan fingerprint density at radius 3 is 1.22 bits per heavy atom. The van der Waals surface area contributed by atoms with Crippen molar-refractivity contribution in [1.82, 2.24) is 9.80 Å². The van der Waals surface area contributed by atoms with Crippen molar-refractivity contribution < 1.29 is 10.2 Å². The van der Waals surface area contributed by atoms with Crippen LogP contribution in [0.1, 0.15) is 73.6 Å². The number of aromatic hydroxyl groups is 2. The third kappa shape index (κ3) is 6.80. The van der Waals surface area contributed by atoms with E-state index in [4.69, 9.17) is 0 Å². The molecule has 2 aromatic rings. The second-order valence-electron chi connectivity index (χ2n) is 10.7. The number of allylic oxidation sites excluding steroid dienone is 2. The van der Waals surface area contributed by atoms with Gasteiger partial charge in [-0.2, -0.15) is 0 Å². The summed E-state index contributed by atoms with van der Waals surface area (Å²) < 4.78 is 0. The molecule has 2 saturated heterocycles. The van der Waals surface area contributed by atoms with Crippen molar-refractivity contribution in [2.75, 3.05) is 26.2 Å². The van der Waals surface area contributed by atoms with Crippen LogP contribution in [0.15, 0.2) is 49.6 Å². The maximum atomic E-state index is 11.1. The Balaban J connectivity index is 1.72. The monoisotopic (exact) mass is 488 g/mol. The minimum atomic E-state index is 0.401. The summed E-state index contributed by atoms with van der Waals surface area (Å²) in [5.74, 6) is 0.801. The van der Waals surface area contributed by atoms with Gasteiger partial charge in [-0.1, -0.05) is 37.8 Å². The third-order valence-corrected chi connectivity index (χ3v) is 7.78. The van der Waals surface area contributed by atoms with E-state index in [1.54, 1.807) is 0 Å². The Labute approximate surface area is 218 Å². The van der Waals surface area contributed by atoms with E-state index < -0.39 is 0 Å². The van der Waals surface area contributed by atoms with Crippen molar-refractivity contribution in [1.29, 1.82) is 0 Å². The summed E-state index contributed by atoms with van der Waals surface area (Å²) in [5, 5.41) is 22.3. The number of hydrogen-bond acceptors (Lipinski definition) is 4. The van der Waals surface area contributed by atoms with E-state index in [9.17, 15) is 10.2 Å². The summed E-state index contributed by atoms with van der Waals surface area (Å²) in [7, 11) is 0. The van der Waals surface area contributed by atoms with Gasteiger partial charge in [0.15, 0.2) is 0 Å². The first kappa shape index (κ1) is 26.5. The normalized spacial score (nSPS) is 17.9. The van der Waals surface area contributed by atoms with E-state index in [0.717, 1.165) is 72.6 Å². The van der Waals surface area contributed by atoms with Gasteiger partial charge in [0.2, 0.25) is 0 Å². The second kappa shape index (κ2) is 13.1. The van der Waals surface area contributed by atoms with E-state index in [1.165, 1.54) is 51.4 Å². The van der Waals surface area contributed by atoms with Crippen molar-refractivity contribution in [2.24, 2.45) is 0 Å². The fourth-order valence-corrected chi connectivity index (χ4v) is 5.79. The summed E-state index contributed by atoms with van der Waals surface area (Å²) in [5.41, 5.74) is 5.99. The molecule has 0 saturated carbocycles. The number of nitrogens with zero attached hydrogens (tertiary/aromatic N) is 2. The Kier molecular flexibility index (Phi) is 9.66. The molecule has 0 amide bonds. The second-order valence-corrected chi connectivity index (χ2v) is 10.7. The molecule has 0 aromatic heterocycles. The molecule has 36 heavy (non-hydrogen) atoms. The van der Waals surface area contributed by atoms with Crippen LogP contribution in [-0.4, -0.2) is 46.2 Å². The molecule has 4 heteroatoms. The maximum Gasteiger partial charge on any atom is 0.123 e. The number of benzene rings is 2. The van der Waals surface area contributed by atoms with Gasteiger partial charge in [0.05, 0.1) is 0 Å². The van der Waals surface area contributed by atoms with Crippen molar-refractivity contribution >= 4 is 0 Å². The Hall–Kier alpha value is -2.56. The average Bonchev–Trinajstić information content (AvgIpc) is 3.29. The van der Waals surface area contributed by atoms with Crippen LogP contribution in [-0.2, 0) is 25.9 Å². The number of phenols is 2. The highest BCUT2D eigenvalue weighted by molar-refractivity contribution is 5.71. The summed E-state index contributed by atoms with van der Waals surface area (Å²) in [6.07, 6.45) is 15.1. The fourth-order valence-electron chi connectivity index (χ4n) is 5.79. The third-order valence-electron chi connectivity index (χ3n) is 7.78. The molecule has 0 unspecified atom stereocenters. The molecule has 2 fully saturated rings. The van der Waals surface area contributed by atoms with Gasteiger partial charge in [0.1, 0.15) is 11.5 Å². The highest BCUT2D eigenvalue weighted by atomic mass is 16.3. The fraction of sp³-hybridized carbons (Fsp3) is 0.500. The lowest BCUT2D eigenvalue weighted by Crippen LogP contribution is -2.24. The molecular formula is C32H44N2O2. The van der Waals surface area contributed by atoms with Crippen molar-refractivity contribution in [2.45, 2.75) is 77.3 Å². The van der Waals surface area contributed by atoms with Crippen molar-refractivity contribution in [3.8, 4) is 22.6 Å². The first-order valence-electron chi connectivity index (χ1n) is 14.0. The Bertz CT molecular complexity index is 945. The zero-order valence-electron chi connectivity index (χ0n) is 22.0. The molecule has 4 nitrogen and oxygen atoms in total. The van der Waals surface area contributed by atoms with Crippen molar-refractivity contribution in [3.05, 3.63) is 71.8 Å². The Morgan fingerprint density at radius 2 is 0.889 bits per heavy atom. The van der Waals surface area contributed by atoms with Crippen molar-refractivity contribution in [3.63, 3.8) is 0 Å². The van der Waals surface area contributed by atoms with Crippen LogP contribution in [0, 0.1) is 0 Å². The highest BCUT2D eigenvalue weighted by Crippen LogP contribution is 2.36. The quantitative estimate of drug-likeness (QED) is 0.374. The van der Waals surface area contributed by atoms with Crippen LogP contribution in [0.3, 0.4) is 0 Å². The van der Waals surface area contributed by atoms with E-state index in [-0.39, 0.29) is 0 Å². The highest BCUT2D eigenvalue weighted by Gasteiger charge is 2.19. The van der Waals surface area contributed by atoms with Crippen LogP contribution >= 0.6 is 0 Å². The zero-order valence-corrected chi connectivity index (χ0v) is 22.0. The topological polar surface area (TPSA) is 46.9 Å². The van der Waals surface area contributed by atoms with Gasteiger partial charge in [-0.15, -0.1) is 13.2 Å². The van der Waals surface area contributed by atoms with E-state index in [0.29, 0.717) is 24.3 Å². The molecular weight excluding hydrogens is 444 g/mol. The molecule has 0 atom stereocenters. The molecule has 0 aliphatic carbocycles. The molecule has 0 radical (unpaired) electrons. The molecule has 2 aliphatic heterocycles. The molecule has 4 rings (SSSR count). The first-order valence-corrected chi connectivity index (χ1v) is 14.0. The lowest BCUT2D eigenvalue weighted by Gasteiger charge is -2.23. The van der Waals surface area contributed by atoms with Gasteiger partial charge in [-0.05, 0) is 111 Å². The largest absolute Gasteiger partial charge is 0.507 e. The van der Waals surface area contributed by atoms with E-state index >= 15 is 0 Å². The number of hydrogen-bond donors (Lipinski definition) is 2. The van der Waals surface area contributed by atoms with E-state index in [2.05, 4.69) is 47.2 Å². The van der Waals surface area contributed by atoms with Gasteiger partial charge < -0.3 is 10.2 Å². The minimum Gasteiger partial charge on any atom is -0.507 e. The molecule has 2 heterocycles. The Morgan fingerprint density at radius 1 is 0.556 bits per heavy atom. The summed E-state index contributed by atoms with van der Waals surface area (Å²) in [4.78, 5) is 4.96. The van der Waals surface area contributed by atoms with Gasteiger partial charge in [-0.25, -0.2) is 0 Å². The summed E-state index contributed by atoms with van der Waals surface area (Å²) in [6, 6.07) is 8.52. The predicted octanol–water partition coefficient (Wildman–Crippen LogP) is 6.97. The van der Waals surface area contributed by atoms with Crippen LogP contribution in [0.4, 0.5) is 0 Å². The standard InChI is InChI=1S/C32H44N2O2/c1-3-13-25-19-27(21-29(31(25)35)23-33-15-9-5-6-10-16-33)28-20-26(14-4-2)32(36)30(22-28)24-34-17-11-7-8-12-18-34/h3-4,19-22,35-36H,1-2,5-18,23-24H2. The molecule has 0 spiro atoms. The number of rotatable bonds is 9. The molecule has 2 aromatic carbocycles. The molecule has 2 aliphatic rings. The van der Waals surface area contributed by atoms with Gasteiger partial charge in [-0.3, -0.25) is 9.80 Å². The first-order chi connectivity index (χ1) is 17.6. The lowest BCUT2D eigenvalue weighted by atomic mass is 9.93. The molecule has 0 bridgehead atoms. The van der Waals surface area contributed by atoms with E-state index in [1.807, 2.05) is 12.2 Å². The van der Waals surface area contributed by atoms with Crippen LogP contribution in [0.5, 0.6) is 11.5 Å². The van der Waals surface area contributed by atoms with Gasteiger partial charge in [0, 0.05) is 24.2 Å². The molecule has 2 N–H and O–H groups in total. The lowest BCUT2D eigenvalue weighted by molar-refractivity contribution is 0.272. The SMILES string of the molecule is C=CCc1cc(-c2cc(CC=C)c(O)c(CN3CCCCCC3)c2)cc(CN2CCCCCC2)c1O. The summed E-state index contributed by atoms with van der Waals surface area (Å²) in [6.45, 7) is 13.7.